The van der Waals surface area contributed by atoms with Crippen LogP contribution in [0, 0.1) is 0 Å². The number of ether oxygens (including phenoxy) is 2. The number of nitrogens with zero attached hydrogens (tertiary/aromatic N) is 1. The number of carbonyl (C=O) groups is 1. The minimum Gasteiger partial charge on any atom is -0.804 e. The summed E-state index contributed by atoms with van der Waals surface area (Å²) in [4.78, 5) is 21.0. The fraction of sp³-hybridized carbons (Fsp3) is 0.696. The van der Waals surface area contributed by atoms with Crippen LogP contribution in [0.25, 0.3) is 0 Å². The Balaban J connectivity index is 2.36. The largest absolute Gasteiger partial charge is 0.804 e. The molecular weight excluding hydrogens is 465 g/mol. The van der Waals surface area contributed by atoms with E-state index in [0.717, 1.165) is 18.6 Å². The van der Waals surface area contributed by atoms with Gasteiger partial charge in [0.2, 0.25) is 0 Å². The molecule has 0 fully saturated rings. The summed E-state index contributed by atoms with van der Waals surface area (Å²) in [5.74, 6) is 0.112. The van der Waals surface area contributed by atoms with Crippen molar-refractivity contribution < 1.29 is 47.5 Å². The summed E-state index contributed by atoms with van der Waals surface area (Å²) >= 11 is 0. The molecule has 11 heteroatoms. The molecule has 196 valence electrons. The third kappa shape index (κ3) is 13.3. The van der Waals surface area contributed by atoms with Gasteiger partial charge in [-0.2, -0.15) is 0 Å². The summed E-state index contributed by atoms with van der Waals surface area (Å²) in [5, 5.41) is 21.4. The number of hydrogen-bond donors (Lipinski definition) is 2. The van der Waals surface area contributed by atoms with Crippen molar-refractivity contribution in [2.24, 2.45) is 0 Å². The molecule has 0 aliphatic rings. The Bertz CT molecular complexity index is 769. The van der Waals surface area contributed by atoms with Crippen LogP contribution in [-0.4, -0.2) is 73.7 Å². The average molecular weight is 506 g/mol. The number of aliphatic carboxylic acids is 1. The summed E-state index contributed by atoms with van der Waals surface area (Å²) in [6.45, 7) is 3.09. The van der Waals surface area contributed by atoms with E-state index >= 15 is 0 Å². The van der Waals surface area contributed by atoms with E-state index in [4.69, 9.17) is 23.6 Å². The molecule has 0 spiro atoms. The monoisotopic (exact) mass is 505 g/mol. The van der Waals surface area contributed by atoms with Gasteiger partial charge in [-0.25, -0.2) is 4.57 Å². The second-order valence-electron chi connectivity index (χ2n) is 8.99. The molecule has 0 amide bonds. The first kappa shape index (κ1) is 30.4. The Morgan fingerprint density at radius 1 is 1.03 bits per heavy atom. The first-order chi connectivity index (χ1) is 15.9. The van der Waals surface area contributed by atoms with E-state index in [9.17, 15) is 19.4 Å². The van der Waals surface area contributed by atoms with E-state index in [1.165, 1.54) is 12.8 Å². The zero-order valence-electron chi connectivity index (χ0n) is 20.7. The number of unbranched alkanes of at least 4 members (excludes halogenated alkanes) is 4. The van der Waals surface area contributed by atoms with Gasteiger partial charge >= 0.3 is 13.8 Å². The van der Waals surface area contributed by atoms with Crippen molar-refractivity contribution in [1.29, 1.82) is 0 Å². The highest BCUT2D eigenvalue weighted by atomic mass is 31.2. The Kier molecular flexibility index (Phi) is 13.7. The lowest BCUT2D eigenvalue weighted by Gasteiger charge is -2.42. The second-order valence-corrected chi connectivity index (χ2v) is 10.4. The maximum atomic E-state index is 12.4. The zero-order valence-corrected chi connectivity index (χ0v) is 21.6. The first-order valence-corrected chi connectivity index (χ1v) is 13.1. The van der Waals surface area contributed by atoms with Gasteiger partial charge in [0.05, 0.1) is 47.4 Å². The highest BCUT2D eigenvalue weighted by Gasteiger charge is 2.34. The molecule has 10 nitrogen and oxygen atoms in total. The highest BCUT2D eigenvalue weighted by Crippen LogP contribution is 2.45. The van der Waals surface area contributed by atoms with Crippen LogP contribution >= 0.6 is 7.82 Å². The second kappa shape index (κ2) is 15.3. The number of phosphoric acid groups is 1. The fourth-order valence-corrected chi connectivity index (χ4v) is 3.95. The van der Waals surface area contributed by atoms with Crippen molar-refractivity contribution in [2.45, 2.75) is 64.2 Å². The van der Waals surface area contributed by atoms with Gasteiger partial charge in [0.1, 0.15) is 17.6 Å². The average Bonchev–Trinajstić information content (AvgIpc) is 2.74. The number of rotatable bonds is 19. The van der Waals surface area contributed by atoms with Gasteiger partial charge in [-0.3, -0.25) is 13.8 Å². The predicted molar refractivity (Wildman–Crippen MR) is 126 cm³/mol. The SMILES string of the molecule is CCCCCCOc1cccc(OCCCCOP(=O)(O)O[C@H](CC(=O)O)C([O-])[N+](C)(C)C)c1. The molecular formula is C23H40NO9P. The van der Waals surface area contributed by atoms with Gasteiger partial charge in [-0.1, -0.05) is 32.3 Å². The molecule has 0 saturated heterocycles. The van der Waals surface area contributed by atoms with Crippen LogP contribution in [0.5, 0.6) is 11.5 Å². The number of likely N-dealkylation sites (N-methyl/N-ethyl adjacent to an activating group) is 1. The van der Waals surface area contributed by atoms with Gasteiger partial charge in [0.15, 0.2) is 0 Å². The fourth-order valence-electron chi connectivity index (χ4n) is 3.01. The standard InChI is InChI=1S/C23H40NO9P/c1-5-6-7-8-14-30-19-12-11-13-20(17-19)31-15-9-10-16-32-34(28,29)33-21(18-22(25)26)23(27)24(2,3)4/h11-13,17,21,23H,5-10,14-16,18H2,1-4H3,(H,25,26)(H,28,29)/t21-,23?/m1/s1. The molecule has 0 aliphatic carbocycles. The van der Waals surface area contributed by atoms with E-state index < -0.39 is 32.5 Å². The summed E-state index contributed by atoms with van der Waals surface area (Å²) in [6, 6.07) is 7.38. The Morgan fingerprint density at radius 2 is 1.59 bits per heavy atom. The zero-order chi connectivity index (χ0) is 25.6. The molecule has 1 rings (SSSR count). The first-order valence-electron chi connectivity index (χ1n) is 11.6. The van der Waals surface area contributed by atoms with Crippen molar-refractivity contribution in [3.05, 3.63) is 24.3 Å². The summed E-state index contributed by atoms with van der Waals surface area (Å²) in [7, 11) is 0.0597. The third-order valence-electron chi connectivity index (χ3n) is 4.86. The number of phosphoric ester groups is 1. The maximum Gasteiger partial charge on any atom is 0.472 e. The molecule has 0 aliphatic heterocycles. The molecule has 0 bridgehead atoms. The van der Waals surface area contributed by atoms with Crippen molar-refractivity contribution in [3.8, 4) is 11.5 Å². The van der Waals surface area contributed by atoms with Gasteiger partial charge in [-0.15, -0.1) is 0 Å². The maximum absolute atomic E-state index is 12.4. The van der Waals surface area contributed by atoms with Crippen molar-refractivity contribution in [1.82, 2.24) is 0 Å². The van der Waals surface area contributed by atoms with Gasteiger partial charge in [0, 0.05) is 12.3 Å². The van der Waals surface area contributed by atoms with Crippen LogP contribution in [-0.2, 0) is 18.4 Å². The Morgan fingerprint density at radius 3 is 2.12 bits per heavy atom. The molecule has 0 saturated carbocycles. The van der Waals surface area contributed by atoms with E-state index in [-0.39, 0.29) is 11.1 Å². The summed E-state index contributed by atoms with van der Waals surface area (Å²) < 4.78 is 33.3. The number of carboxylic acid groups (broad SMARTS) is 1. The molecule has 34 heavy (non-hydrogen) atoms. The molecule has 0 radical (unpaired) electrons. The van der Waals surface area contributed by atoms with Crippen LogP contribution in [0.15, 0.2) is 24.3 Å². The Hall–Kier alpha value is -1.68. The van der Waals surface area contributed by atoms with Gasteiger partial charge in [0.25, 0.3) is 0 Å². The smallest absolute Gasteiger partial charge is 0.472 e. The summed E-state index contributed by atoms with van der Waals surface area (Å²) in [5.41, 5.74) is 0. The lowest BCUT2D eigenvalue weighted by atomic mass is 10.2. The number of carboxylic acids is 1. The molecule has 1 aromatic rings. The van der Waals surface area contributed by atoms with E-state index in [0.29, 0.717) is 31.8 Å². The van der Waals surface area contributed by atoms with Crippen molar-refractivity contribution >= 4 is 13.8 Å². The lowest BCUT2D eigenvalue weighted by molar-refractivity contribution is -0.973. The minimum absolute atomic E-state index is 0.105. The highest BCUT2D eigenvalue weighted by molar-refractivity contribution is 7.47. The van der Waals surface area contributed by atoms with Crippen molar-refractivity contribution in [3.63, 3.8) is 0 Å². The number of benzene rings is 1. The molecule has 0 aromatic heterocycles. The third-order valence-corrected chi connectivity index (χ3v) is 5.91. The molecule has 2 unspecified atom stereocenters. The molecule has 2 N–H and O–H groups in total. The van der Waals surface area contributed by atoms with E-state index in [1.807, 2.05) is 24.3 Å². The number of hydrogen-bond acceptors (Lipinski definition) is 7. The van der Waals surface area contributed by atoms with Crippen molar-refractivity contribution in [2.75, 3.05) is 41.0 Å². The summed E-state index contributed by atoms with van der Waals surface area (Å²) in [6.07, 6.45) is 1.69. The minimum atomic E-state index is -4.59. The van der Waals surface area contributed by atoms with Gasteiger partial charge < -0.3 is 29.1 Å². The topological polar surface area (TPSA) is 135 Å². The van der Waals surface area contributed by atoms with Crippen LogP contribution in [0.1, 0.15) is 51.9 Å². The van der Waals surface area contributed by atoms with E-state index in [2.05, 4.69) is 6.92 Å². The van der Waals surface area contributed by atoms with Crippen LogP contribution in [0.4, 0.5) is 0 Å². The van der Waals surface area contributed by atoms with E-state index in [1.54, 1.807) is 21.1 Å². The lowest BCUT2D eigenvalue weighted by Crippen LogP contribution is -2.60. The van der Waals surface area contributed by atoms with Crippen LogP contribution in [0.3, 0.4) is 0 Å². The van der Waals surface area contributed by atoms with Crippen LogP contribution in [0.2, 0.25) is 0 Å². The van der Waals surface area contributed by atoms with Crippen LogP contribution < -0.4 is 14.6 Å². The Labute approximate surface area is 202 Å². The molecule has 3 atom stereocenters. The molecule has 0 heterocycles. The predicted octanol–water partition coefficient (Wildman–Crippen LogP) is 3.17. The van der Waals surface area contributed by atoms with Gasteiger partial charge in [-0.05, 0) is 31.4 Å². The number of quaternary nitrogens is 1. The normalized spacial score (nSPS) is 15.4. The molecule has 1 aromatic carbocycles. The quantitative estimate of drug-likeness (QED) is 0.126.